The second kappa shape index (κ2) is 5.85. The van der Waals surface area contributed by atoms with Crippen molar-refractivity contribution in [3.05, 3.63) is 78.0 Å². The predicted octanol–water partition coefficient (Wildman–Crippen LogP) is 5.90. The van der Waals surface area contributed by atoms with Crippen LogP contribution in [0.2, 0.25) is 0 Å². The van der Waals surface area contributed by atoms with E-state index in [1.54, 1.807) is 6.20 Å². The summed E-state index contributed by atoms with van der Waals surface area (Å²) in [7, 11) is 0. The summed E-state index contributed by atoms with van der Waals surface area (Å²) in [4.78, 5) is 4.35. The average Bonchev–Trinajstić information content (AvgIpc) is 3.00. The number of rotatable bonds is 3. The van der Waals surface area contributed by atoms with Crippen LogP contribution in [0.15, 0.2) is 71.3 Å². The van der Waals surface area contributed by atoms with Crippen LogP contribution in [0.3, 0.4) is 0 Å². The van der Waals surface area contributed by atoms with Crippen molar-refractivity contribution in [2.75, 3.05) is 0 Å². The van der Waals surface area contributed by atoms with Gasteiger partial charge in [-0.1, -0.05) is 36.4 Å². The van der Waals surface area contributed by atoms with Gasteiger partial charge in [0.2, 0.25) is 0 Å². The molecule has 24 heavy (non-hydrogen) atoms. The van der Waals surface area contributed by atoms with Crippen molar-refractivity contribution in [3.8, 4) is 23.0 Å². The number of hydrogen-bond acceptors (Lipinski definition) is 3. The van der Waals surface area contributed by atoms with E-state index in [4.69, 9.17) is 9.15 Å². The first-order valence-corrected chi connectivity index (χ1v) is 7.89. The molecule has 0 radical (unpaired) electrons. The zero-order chi connectivity index (χ0) is 16.5. The van der Waals surface area contributed by atoms with Crippen molar-refractivity contribution >= 4 is 11.0 Å². The number of nitrogens with zero attached hydrogens (tertiary/aromatic N) is 1. The van der Waals surface area contributed by atoms with Crippen LogP contribution in [0, 0.1) is 13.8 Å². The molecule has 2 aromatic carbocycles. The summed E-state index contributed by atoms with van der Waals surface area (Å²) >= 11 is 0. The second-order valence-corrected chi connectivity index (χ2v) is 5.94. The Kier molecular flexibility index (Phi) is 3.54. The van der Waals surface area contributed by atoms with Crippen LogP contribution in [0.25, 0.3) is 22.3 Å². The van der Waals surface area contributed by atoms with Gasteiger partial charge in [-0.2, -0.15) is 0 Å². The molecule has 4 rings (SSSR count). The number of ether oxygens (including phenoxy) is 1. The first-order chi connectivity index (χ1) is 11.7. The van der Waals surface area contributed by atoms with Crippen LogP contribution in [0.5, 0.6) is 11.6 Å². The van der Waals surface area contributed by atoms with Crippen LogP contribution in [0.1, 0.15) is 11.1 Å². The molecule has 2 aromatic heterocycles. The van der Waals surface area contributed by atoms with Crippen LogP contribution >= 0.6 is 0 Å². The van der Waals surface area contributed by atoms with Crippen molar-refractivity contribution in [1.29, 1.82) is 0 Å². The Morgan fingerprint density at radius 3 is 2.38 bits per heavy atom. The number of pyridine rings is 1. The Balaban J connectivity index is 1.77. The average molecular weight is 315 g/mol. The molecule has 0 aliphatic carbocycles. The molecule has 0 bridgehead atoms. The van der Waals surface area contributed by atoms with Gasteiger partial charge in [0.05, 0.1) is 0 Å². The zero-order valence-corrected chi connectivity index (χ0v) is 13.6. The third-order valence-corrected chi connectivity index (χ3v) is 3.87. The summed E-state index contributed by atoms with van der Waals surface area (Å²) in [5.41, 5.74) is 4.00. The summed E-state index contributed by atoms with van der Waals surface area (Å²) in [6, 6.07) is 20.1. The van der Waals surface area contributed by atoms with Gasteiger partial charge in [-0.05, 0) is 49.2 Å². The molecule has 0 N–H and O–H groups in total. The molecule has 4 aromatic rings. The predicted molar refractivity (Wildman–Crippen MR) is 95.4 cm³/mol. The molecule has 0 saturated carbocycles. The van der Waals surface area contributed by atoms with E-state index in [9.17, 15) is 0 Å². The standard InChI is InChI=1S/C21H17NO2/c1-14-10-15(2)12-18(11-14)23-21-20-17(8-9-22-21)13-19(24-20)16-6-4-3-5-7-16/h3-13H,1-2H3. The summed E-state index contributed by atoms with van der Waals surface area (Å²) in [5.74, 6) is 2.06. The highest BCUT2D eigenvalue weighted by Crippen LogP contribution is 2.34. The maximum Gasteiger partial charge on any atom is 0.263 e. The maximum atomic E-state index is 6.03. The van der Waals surface area contributed by atoms with Gasteiger partial charge in [0.1, 0.15) is 11.5 Å². The normalized spacial score (nSPS) is 10.9. The van der Waals surface area contributed by atoms with Gasteiger partial charge < -0.3 is 9.15 Å². The Morgan fingerprint density at radius 2 is 1.62 bits per heavy atom. The molecule has 0 aliphatic heterocycles. The van der Waals surface area contributed by atoms with Crippen molar-refractivity contribution in [2.45, 2.75) is 13.8 Å². The molecule has 0 spiro atoms. The number of aryl methyl sites for hydroxylation is 2. The van der Waals surface area contributed by atoms with Gasteiger partial charge in [-0.3, -0.25) is 0 Å². The van der Waals surface area contributed by atoms with Gasteiger partial charge in [0.15, 0.2) is 5.58 Å². The lowest BCUT2D eigenvalue weighted by Crippen LogP contribution is -1.89. The maximum absolute atomic E-state index is 6.03. The lowest BCUT2D eigenvalue weighted by Gasteiger charge is -2.07. The Morgan fingerprint density at radius 1 is 0.875 bits per heavy atom. The molecule has 3 heteroatoms. The monoisotopic (exact) mass is 315 g/mol. The topological polar surface area (TPSA) is 35.3 Å². The SMILES string of the molecule is Cc1cc(C)cc(Oc2nccc3cc(-c4ccccc4)oc23)c1. The molecule has 0 saturated heterocycles. The van der Waals surface area contributed by atoms with E-state index in [1.165, 1.54) is 0 Å². The smallest absolute Gasteiger partial charge is 0.263 e. The highest BCUT2D eigenvalue weighted by Gasteiger charge is 2.13. The lowest BCUT2D eigenvalue weighted by molar-refractivity contribution is 0.455. The molecule has 118 valence electrons. The quantitative estimate of drug-likeness (QED) is 0.472. The number of hydrogen-bond donors (Lipinski definition) is 0. The fraction of sp³-hybridized carbons (Fsp3) is 0.0952. The minimum atomic E-state index is 0.486. The number of fused-ring (bicyclic) bond motifs is 1. The molecular weight excluding hydrogens is 298 g/mol. The number of aromatic nitrogens is 1. The number of benzene rings is 2. The van der Waals surface area contributed by atoms with E-state index >= 15 is 0 Å². The van der Waals surface area contributed by atoms with Crippen LogP contribution < -0.4 is 4.74 Å². The van der Waals surface area contributed by atoms with E-state index in [0.717, 1.165) is 33.6 Å². The Bertz CT molecular complexity index is 983. The van der Waals surface area contributed by atoms with E-state index in [0.29, 0.717) is 11.5 Å². The van der Waals surface area contributed by atoms with Gasteiger partial charge in [-0.25, -0.2) is 4.98 Å². The van der Waals surface area contributed by atoms with E-state index in [1.807, 2.05) is 68.4 Å². The summed E-state index contributed by atoms with van der Waals surface area (Å²) in [6.45, 7) is 4.10. The highest BCUT2D eigenvalue weighted by molar-refractivity contribution is 5.86. The first-order valence-electron chi connectivity index (χ1n) is 7.89. The Labute approximate surface area is 140 Å². The largest absolute Gasteiger partial charge is 0.450 e. The van der Waals surface area contributed by atoms with Gasteiger partial charge >= 0.3 is 0 Å². The van der Waals surface area contributed by atoms with E-state index < -0.39 is 0 Å². The molecule has 0 unspecified atom stereocenters. The minimum absolute atomic E-state index is 0.486. The third kappa shape index (κ3) is 2.76. The van der Waals surface area contributed by atoms with Crippen LogP contribution in [-0.4, -0.2) is 4.98 Å². The summed E-state index contributed by atoms with van der Waals surface area (Å²) in [6.07, 6.45) is 1.74. The molecule has 0 aliphatic rings. The van der Waals surface area contributed by atoms with Crippen molar-refractivity contribution in [3.63, 3.8) is 0 Å². The molecule has 2 heterocycles. The van der Waals surface area contributed by atoms with Crippen molar-refractivity contribution in [2.24, 2.45) is 0 Å². The fourth-order valence-corrected chi connectivity index (χ4v) is 2.86. The lowest BCUT2D eigenvalue weighted by atomic mass is 10.1. The minimum Gasteiger partial charge on any atom is -0.450 e. The van der Waals surface area contributed by atoms with E-state index in [2.05, 4.69) is 11.1 Å². The summed E-state index contributed by atoms with van der Waals surface area (Å²) in [5, 5.41) is 0.975. The molecule has 3 nitrogen and oxygen atoms in total. The van der Waals surface area contributed by atoms with Crippen LogP contribution in [-0.2, 0) is 0 Å². The first kappa shape index (κ1) is 14.5. The van der Waals surface area contributed by atoms with E-state index in [-0.39, 0.29) is 0 Å². The van der Waals surface area contributed by atoms with Crippen LogP contribution in [0.4, 0.5) is 0 Å². The Hall–Kier alpha value is -3.07. The summed E-state index contributed by atoms with van der Waals surface area (Å²) < 4.78 is 12.0. The molecule has 0 fully saturated rings. The molecule has 0 atom stereocenters. The van der Waals surface area contributed by atoms with Gasteiger partial charge in [0, 0.05) is 17.1 Å². The fourth-order valence-electron chi connectivity index (χ4n) is 2.86. The van der Waals surface area contributed by atoms with Gasteiger partial charge in [-0.15, -0.1) is 0 Å². The van der Waals surface area contributed by atoms with Crippen molar-refractivity contribution in [1.82, 2.24) is 4.98 Å². The zero-order valence-electron chi connectivity index (χ0n) is 13.6. The van der Waals surface area contributed by atoms with Gasteiger partial charge in [0.25, 0.3) is 5.88 Å². The van der Waals surface area contributed by atoms with Crippen molar-refractivity contribution < 1.29 is 9.15 Å². The molecule has 0 amide bonds. The molecular formula is C21H17NO2. The number of furan rings is 1. The highest BCUT2D eigenvalue weighted by atomic mass is 16.5. The third-order valence-electron chi connectivity index (χ3n) is 3.87. The second-order valence-electron chi connectivity index (χ2n) is 5.94.